The highest BCUT2D eigenvalue weighted by Gasteiger charge is 2.54. The van der Waals surface area contributed by atoms with Crippen molar-refractivity contribution in [2.24, 2.45) is 5.16 Å². The molecule has 0 bridgehead atoms. The van der Waals surface area contributed by atoms with Gasteiger partial charge in [-0.25, -0.2) is 9.48 Å². The van der Waals surface area contributed by atoms with Gasteiger partial charge in [0.15, 0.2) is 5.13 Å². The number of carbonyl (C=O) groups excluding carboxylic acids is 2. The molecular formula is C17H18N10O5S3. The van der Waals surface area contributed by atoms with Crippen molar-refractivity contribution in [3.05, 3.63) is 29.7 Å². The number of hydrogen-bond donors (Lipinski definition) is 3. The first-order chi connectivity index (χ1) is 16.8. The van der Waals surface area contributed by atoms with Crippen LogP contribution in [0, 0.1) is 0 Å². The Hall–Kier alpha value is -3.51. The number of tetrazole rings is 1. The van der Waals surface area contributed by atoms with Crippen LogP contribution in [0.4, 0.5) is 5.13 Å². The van der Waals surface area contributed by atoms with Crippen LogP contribution in [-0.2, 0) is 25.8 Å². The van der Waals surface area contributed by atoms with Crippen molar-refractivity contribution in [3.8, 4) is 0 Å². The van der Waals surface area contributed by atoms with Crippen LogP contribution in [0.3, 0.4) is 0 Å². The van der Waals surface area contributed by atoms with Crippen molar-refractivity contribution in [1.29, 1.82) is 0 Å². The number of nitrogen functional groups attached to an aromatic ring is 1. The predicted molar refractivity (Wildman–Crippen MR) is 126 cm³/mol. The van der Waals surface area contributed by atoms with Gasteiger partial charge in [0.2, 0.25) is 16.7 Å². The number of aliphatic carboxylic acids is 1. The number of carboxylic acids is 1. The number of β-lactam (4-membered cyclic amide) rings is 1. The maximum absolute atomic E-state index is 12.9. The summed E-state index contributed by atoms with van der Waals surface area (Å²) in [5, 5.41) is 27.5. The predicted octanol–water partition coefficient (Wildman–Crippen LogP) is -0.826. The van der Waals surface area contributed by atoms with Crippen LogP contribution in [0.5, 0.6) is 0 Å². The highest BCUT2D eigenvalue weighted by molar-refractivity contribution is 8.01. The monoisotopic (exact) mass is 538 g/mol. The molecule has 4 N–H and O–H groups in total. The molecule has 0 aliphatic carbocycles. The lowest BCUT2D eigenvalue weighted by atomic mass is 10.0. The Morgan fingerprint density at radius 3 is 2.94 bits per heavy atom. The third kappa shape index (κ3) is 4.84. The van der Waals surface area contributed by atoms with Crippen LogP contribution in [0.15, 0.2) is 34.2 Å². The third-order valence-electron chi connectivity index (χ3n) is 4.76. The molecule has 1 fully saturated rings. The second-order valence-corrected chi connectivity index (χ2v) is 9.75. The summed E-state index contributed by atoms with van der Waals surface area (Å²) in [6.07, 6.45) is 1.64. The molecular weight excluding hydrogens is 520 g/mol. The number of nitrogens with two attached hydrogens (primary N) is 1. The van der Waals surface area contributed by atoms with Gasteiger partial charge in [-0.15, -0.1) is 23.4 Å². The Kier molecular flexibility index (Phi) is 7.31. The third-order valence-corrected chi connectivity index (χ3v) is 7.69. The van der Waals surface area contributed by atoms with Gasteiger partial charge in [-0.3, -0.25) is 14.5 Å². The zero-order valence-electron chi connectivity index (χ0n) is 18.0. The number of allylic oxidation sites excluding steroid dienone is 1. The van der Waals surface area contributed by atoms with Crippen molar-refractivity contribution in [3.63, 3.8) is 0 Å². The number of carbonyl (C=O) groups is 3. The lowest BCUT2D eigenvalue weighted by molar-refractivity contribution is -0.150. The number of hydrogen-bond acceptors (Lipinski definition) is 14. The molecule has 184 valence electrons. The quantitative estimate of drug-likeness (QED) is 0.111. The number of aromatic nitrogens is 6. The zero-order valence-corrected chi connectivity index (χ0v) is 20.5. The lowest BCUT2D eigenvalue weighted by Gasteiger charge is -2.49. The van der Waals surface area contributed by atoms with Crippen LogP contribution >= 0.6 is 35.1 Å². The van der Waals surface area contributed by atoms with E-state index in [0.717, 1.165) is 11.5 Å². The minimum absolute atomic E-state index is 0.0454. The van der Waals surface area contributed by atoms with Gasteiger partial charge in [-0.05, 0) is 16.0 Å². The average molecular weight is 539 g/mol. The number of rotatable bonds is 10. The fourth-order valence-electron chi connectivity index (χ4n) is 3.30. The summed E-state index contributed by atoms with van der Waals surface area (Å²) in [6.45, 7) is 4.05. The number of fused-ring (bicyclic) bond motifs is 1. The second-order valence-electron chi connectivity index (χ2n) is 6.92. The number of carboxylic acid groups (broad SMARTS) is 1. The van der Waals surface area contributed by atoms with Crippen molar-refractivity contribution in [1.82, 2.24) is 39.8 Å². The summed E-state index contributed by atoms with van der Waals surface area (Å²) in [4.78, 5) is 47.5. The summed E-state index contributed by atoms with van der Waals surface area (Å²) in [6, 6.07) is -0.964. The van der Waals surface area contributed by atoms with E-state index >= 15 is 0 Å². The maximum Gasteiger partial charge on any atom is 0.352 e. The maximum atomic E-state index is 12.9. The molecule has 2 atom stereocenters. The molecule has 4 heterocycles. The van der Waals surface area contributed by atoms with Crippen LogP contribution in [0.2, 0.25) is 0 Å². The minimum Gasteiger partial charge on any atom is -0.477 e. The first-order valence-electron chi connectivity index (χ1n) is 9.77. The van der Waals surface area contributed by atoms with E-state index in [4.69, 9.17) is 10.6 Å². The van der Waals surface area contributed by atoms with Gasteiger partial charge in [0.1, 0.15) is 24.2 Å². The number of anilines is 1. The summed E-state index contributed by atoms with van der Waals surface area (Å²) < 4.78 is 5.47. The van der Waals surface area contributed by atoms with Gasteiger partial charge in [0.05, 0.1) is 6.54 Å². The molecule has 0 radical (unpaired) electrons. The van der Waals surface area contributed by atoms with Crippen molar-refractivity contribution >= 4 is 63.7 Å². The Morgan fingerprint density at radius 2 is 2.29 bits per heavy atom. The Balaban J connectivity index is 1.48. The van der Waals surface area contributed by atoms with Gasteiger partial charge in [-0.1, -0.05) is 23.0 Å². The molecule has 2 aromatic rings. The molecule has 4 rings (SSSR count). The molecule has 2 aliphatic rings. The largest absolute Gasteiger partial charge is 0.477 e. The summed E-state index contributed by atoms with van der Waals surface area (Å²) in [7, 11) is 1.25. The van der Waals surface area contributed by atoms with Gasteiger partial charge in [0, 0.05) is 23.0 Å². The SMILES string of the molecule is C=CCn1nnnc1SCC1=C(C(=O)O)N2C(=O)C(NC(=O)C(=NOC)c3nsc(N)n3)[C@@H]2SC1. The molecule has 1 unspecified atom stereocenters. The zero-order chi connectivity index (χ0) is 25.1. The second kappa shape index (κ2) is 10.4. The molecule has 18 heteroatoms. The minimum atomic E-state index is -1.24. The summed E-state index contributed by atoms with van der Waals surface area (Å²) in [5.74, 6) is -1.99. The molecule has 2 aliphatic heterocycles. The molecule has 0 saturated carbocycles. The normalized spacial score (nSPS) is 19.7. The highest BCUT2D eigenvalue weighted by atomic mass is 32.2. The number of nitrogens with zero attached hydrogens (tertiary/aromatic N) is 8. The van der Waals surface area contributed by atoms with E-state index in [9.17, 15) is 19.5 Å². The van der Waals surface area contributed by atoms with E-state index in [0.29, 0.717) is 23.0 Å². The lowest BCUT2D eigenvalue weighted by Crippen LogP contribution is -2.71. The summed E-state index contributed by atoms with van der Waals surface area (Å²) >= 11 is 3.46. The smallest absolute Gasteiger partial charge is 0.352 e. The van der Waals surface area contributed by atoms with Crippen LogP contribution in [-0.4, -0.2) is 93.1 Å². The first kappa shape index (κ1) is 24.6. The van der Waals surface area contributed by atoms with Gasteiger partial charge in [0.25, 0.3) is 11.8 Å². The van der Waals surface area contributed by atoms with Crippen molar-refractivity contribution in [2.75, 3.05) is 24.3 Å². The van der Waals surface area contributed by atoms with E-state index in [1.54, 1.807) is 6.08 Å². The Bertz CT molecular complexity index is 1240. The number of nitrogens with one attached hydrogen (secondary N) is 1. The molecule has 2 amide bonds. The average Bonchev–Trinajstić information content (AvgIpc) is 3.47. The van der Waals surface area contributed by atoms with Crippen LogP contribution < -0.4 is 11.1 Å². The van der Waals surface area contributed by atoms with E-state index in [-0.39, 0.29) is 28.1 Å². The Labute approximate surface area is 210 Å². The topological polar surface area (TPSA) is 204 Å². The van der Waals surface area contributed by atoms with E-state index in [1.165, 1.54) is 40.2 Å². The molecule has 35 heavy (non-hydrogen) atoms. The van der Waals surface area contributed by atoms with Gasteiger partial charge >= 0.3 is 5.97 Å². The first-order valence-corrected chi connectivity index (χ1v) is 12.6. The molecule has 2 aromatic heterocycles. The fourth-order valence-corrected chi connectivity index (χ4v) is 6.11. The summed E-state index contributed by atoms with van der Waals surface area (Å²) in [5.41, 5.74) is 5.75. The molecule has 0 spiro atoms. The molecule has 0 aromatic carbocycles. The van der Waals surface area contributed by atoms with Crippen molar-refractivity contribution < 1.29 is 24.3 Å². The number of oxime groups is 1. The highest BCUT2D eigenvalue weighted by Crippen LogP contribution is 2.41. The number of thioether (sulfide) groups is 2. The molecule has 15 nitrogen and oxygen atoms in total. The van der Waals surface area contributed by atoms with Gasteiger partial charge < -0.3 is 21.0 Å². The van der Waals surface area contributed by atoms with Crippen LogP contribution in [0.1, 0.15) is 5.82 Å². The van der Waals surface area contributed by atoms with E-state index in [2.05, 4.69) is 41.9 Å². The van der Waals surface area contributed by atoms with E-state index in [1.807, 2.05) is 0 Å². The fraction of sp³-hybridized carbons (Fsp3) is 0.353. The standard InChI is InChI=1S/C17H18N10O5S3/c1-3-4-26-17(21-24-25-26)34-6-7-5-33-14-9(13(29)27(14)10(7)15(30)31)19-12(28)8(22-32-2)11-20-16(18)35-23-11/h3,9,14H,1,4-6H2,2H3,(H,19,28)(H,30,31)(H2,18,20,23)/t9?,14-/m0/s1. The van der Waals surface area contributed by atoms with E-state index < -0.39 is 29.2 Å². The number of amides is 2. The Morgan fingerprint density at radius 1 is 1.49 bits per heavy atom. The van der Waals surface area contributed by atoms with Crippen LogP contribution in [0.25, 0.3) is 0 Å². The van der Waals surface area contributed by atoms with Gasteiger partial charge in [-0.2, -0.15) is 9.36 Å². The molecule has 1 saturated heterocycles. The van der Waals surface area contributed by atoms with Crippen molar-refractivity contribution in [2.45, 2.75) is 23.1 Å².